The summed E-state index contributed by atoms with van der Waals surface area (Å²) in [5, 5.41) is 23.7. The van der Waals surface area contributed by atoms with Crippen molar-refractivity contribution in [2.75, 3.05) is 65.9 Å². The molecule has 18 heteroatoms. The Balaban J connectivity index is -0.00000397. The van der Waals surface area contributed by atoms with E-state index in [0.29, 0.717) is 45.3 Å². The summed E-state index contributed by atoms with van der Waals surface area (Å²) in [7, 11) is 0. The maximum atomic E-state index is 12.7. The number of carbonyl (C=O) groups is 9. The van der Waals surface area contributed by atoms with Gasteiger partial charge in [-0.05, 0) is 59.3 Å². The lowest BCUT2D eigenvalue weighted by molar-refractivity contribution is -0.144. The van der Waals surface area contributed by atoms with Gasteiger partial charge in [-0.3, -0.25) is 38.4 Å². The van der Waals surface area contributed by atoms with Gasteiger partial charge in [0.2, 0.25) is 11.8 Å². The summed E-state index contributed by atoms with van der Waals surface area (Å²) in [6, 6.07) is 0. The van der Waals surface area contributed by atoms with Crippen molar-refractivity contribution < 1.29 is 78.0 Å². The Labute approximate surface area is 423 Å². The minimum atomic E-state index is -1.05. The number of nitrogens with one attached hydrogen (secondary N) is 2. The van der Waals surface area contributed by atoms with Crippen LogP contribution in [0.3, 0.4) is 0 Å². The largest absolute Gasteiger partial charge is 0.481 e. The monoisotopic (exact) mass is 1010 g/mol. The van der Waals surface area contributed by atoms with E-state index in [1.165, 1.54) is 51.9 Å². The summed E-state index contributed by atoms with van der Waals surface area (Å²) < 4.78 is 21.5. The number of amides is 2. The molecule has 6 N–H and O–H groups in total. The van der Waals surface area contributed by atoms with Crippen molar-refractivity contribution in [3.8, 4) is 0 Å². The normalized spacial score (nSPS) is 12.3. The Hall–Kier alpha value is -3.97. The fourth-order valence-corrected chi connectivity index (χ4v) is 7.49. The molecule has 18 nitrogen and oxygen atoms in total. The van der Waals surface area contributed by atoms with Gasteiger partial charge < -0.3 is 50.3 Å². The lowest BCUT2D eigenvalue weighted by Gasteiger charge is -2.21. The van der Waals surface area contributed by atoms with Crippen LogP contribution in [-0.4, -0.2) is 134 Å². The van der Waals surface area contributed by atoms with Crippen LogP contribution in [0.25, 0.3) is 0 Å². The van der Waals surface area contributed by atoms with E-state index < -0.39 is 29.3 Å². The minimum absolute atomic E-state index is 0. The van der Waals surface area contributed by atoms with Crippen LogP contribution >= 0.6 is 0 Å². The molecule has 0 unspecified atom stereocenters. The molecule has 0 fully saturated rings. The molecule has 0 bridgehead atoms. The van der Waals surface area contributed by atoms with Gasteiger partial charge in [0.05, 0.1) is 44.5 Å². The quantitative estimate of drug-likeness (QED) is 0.0363. The smallest absolute Gasteiger partial charge is 0.306 e. The zero-order valence-electron chi connectivity index (χ0n) is 43.1. The Bertz CT molecular complexity index is 1520. The third-order valence-electron chi connectivity index (χ3n) is 11.8. The van der Waals surface area contributed by atoms with Crippen LogP contribution in [0.4, 0.5) is 0 Å². The van der Waals surface area contributed by atoms with Gasteiger partial charge in [0.1, 0.15) is 36.3 Å². The van der Waals surface area contributed by atoms with Crippen LogP contribution in [-0.2, 0) is 62.1 Å². The Morgan fingerprint density at radius 2 is 0.971 bits per heavy atom. The van der Waals surface area contributed by atoms with E-state index in [1.807, 2.05) is 0 Å². The van der Waals surface area contributed by atoms with Crippen molar-refractivity contribution in [2.24, 2.45) is 17.6 Å². The van der Waals surface area contributed by atoms with Gasteiger partial charge in [0.15, 0.2) is 5.78 Å². The second-order valence-corrected chi connectivity index (χ2v) is 19.0. The molecule has 0 radical (unpaired) electrons. The predicted molar refractivity (Wildman–Crippen MR) is 274 cm³/mol. The molecular formula is C52H99N3O15. The molecule has 2 atom stereocenters. The fourth-order valence-electron chi connectivity index (χ4n) is 7.49. The summed E-state index contributed by atoms with van der Waals surface area (Å²) in [4.78, 5) is 108. The third-order valence-corrected chi connectivity index (χ3v) is 11.8. The molecule has 0 spiro atoms. The zero-order chi connectivity index (χ0) is 52.3. The van der Waals surface area contributed by atoms with E-state index in [4.69, 9.17) is 29.8 Å². The molecule has 0 rings (SSSR count). The van der Waals surface area contributed by atoms with Crippen LogP contribution in [0.15, 0.2) is 0 Å². The summed E-state index contributed by atoms with van der Waals surface area (Å²) in [5.74, 6) is -4.34. The van der Waals surface area contributed by atoms with E-state index >= 15 is 0 Å². The van der Waals surface area contributed by atoms with Crippen LogP contribution in [0.2, 0.25) is 0 Å². The van der Waals surface area contributed by atoms with Crippen molar-refractivity contribution >= 4 is 52.7 Å². The van der Waals surface area contributed by atoms with Gasteiger partial charge in [0, 0.05) is 82.7 Å². The number of carboxylic acids is 2. The molecule has 0 aromatic carbocycles. The highest BCUT2D eigenvalue weighted by atomic mass is 16.5. The highest BCUT2D eigenvalue weighted by Gasteiger charge is 2.28. The molecule has 0 aromatic heterocycles. The van der Waals surface area contributed by atoms with E-state index in [0.717, 1.165) is 44.9 Å². The molecule has 2 amide bonds. The Morgan fingerprint density at radius 1 is 0.486 bits per heavy atom. The molecular weight excluding hydrogens is 907 g/mol. The number of ether oxygens (including phenoxy) is 4. The van der Waals surface area contributed by atoms with Crippen molar-refractivity contribution in [3.05, 3.63) is 0 Å². The van der Waals surface area contributed by atoms with Gasteiger partial charge in [-0.15, -0.1) is 0 Å². The van der Waals surface area contributed by atoms with Gasteiger partial charge in [-0.2, -0.15) is 0 Å². The zero-order valence-corrected chi connectivity index (χ0v) is 43.1. The average Bonchev–Trinajstić information content (AvgIpc) is 3.29. The topological polar surface area (TPSA) is 281 Å². The lowest BCUT2D eigenvalue weighted by Crippen LogP contribution is -2.43. The third kappa shape index (κ3) is 42.9. The molecule has 0 heterocycles. The summed E-state index contributed by atoms with van der Waals surface area (Å²) in [5.41, 5.74) is 4.85. The van der Waals surface area contributed by atoms with Crippen molar-refractivity contribution in [2.45, 2.75) is 200 Å². The lowest BCUT2D eigenvalue weighted by atomic mass is 9.85. The number of carbonyl (C=O) groups excluding carboxylic acids is 7. The second-order valence-electron chi connectivity index (χ2n) is 19.0. The molecule has 0 aliphatic rings. The van der Waals surface area contributed by atoms with Crippen molar-refractivity contribution in [3.63, 3.8) is 0 Å². The van der Waals surface area contributed by atoms with E-state index in [1.54, 1.807) is 13.8 Å². The van der Waals surface area contributed by atoms with Crippen LogP contribution in [0.5, 0.6) is 0 Å². The maximum Gasteiger partial charge on any atom is 0.306 e. The number of aliphatic carboxylic acids is 2. The standard InChI is InChI=1S/C52H91N3O15.4H2/c1-41(56)25-28-46(59)42(38-47(60)52(2,3)53)21-18-19-29-54-48(61)39-70-36-34-68-32-30-55-49(62)40-69-35-33-67-31-20-23-44(57)27-26-43(51(65)66)37-45(58)22-16-14-12-10-8-6-4-5-7-9-11-13-15-17-24-50(63)64;;;;/h42-43H,4-40,53H2,1-3H3,(H,54,61)(H,55,62)(H,63,64)(H,65,66);4*1H/t42-,43-;;;;/m1..../s1. The molecule has 412 valence electrons. The molecule has 70 heavy (non-hydrogen) atoms. The van der Waals surface area contributed by atoms with Gasteiger partial charge in [-0.1, -0.05) is 83.5 Å². The summed E-state index contributed by atoms with van der Waals surface area (Å²) >= 11 is 0. The van der Waals surface area contributed by atoms with Crippen LogP contribution in [0, 0.1) is 11.8 Å². The summed E-state index contributed by atoms with van der Waals surface area (Å²) in [6.45, 7) is 6.29. The number of rotatable bonds is 52. The average molecular weight is 1010 g/mol. The molecule has 0 saturated heterocycles. The van der Waals surface area contributed by atoms with Crippen LogP contribution in [0.1, 0.15) is 200 Å². The second kappa shape index (κ2) is 43.8. The van der Waals surface area contributed by atoms with Gasteiger partial charge in [0.25, 0.3) is 0 Å². The molecule has 0 aromatic rings. The first-order valence-corrected chi connectivity index (χ1v) is 26.1. The van der Waals surface area contributed by atoms with Crippen LogP contribution < -0.4 is 16.4 Å². The van der Waals surface area contributed by atoms with Gasteiger partial charge in [-0.25, -0.2) is 0 Å². The number of hydrogen-bond acceptors (Lipinski definition) is 14. The molecule has 0 aliphatic carbocycles. The molecule has 0 saturated carbocycles. The number of hydrogen-bond donors (Lipinski definition) is 5. The Kier molecular flexibility index (Phi) is 41.3. The highest BCUT2D eigenvalue weighted by molar-refractivity contribution is 5.93. The number of unbranched alkanes of at least 4 members (excludes halogenated alkanes) is 14. The maximum absolute atomic E-state index is 12.7. The van der Waals surface area contributed by atoms with E-state index in [-0.39, 0.29) is 151 Å². The summed E-state index contributed by atoms with van der Waals surface area (Å²) in [6.07, 6.45) is 18.7. The van der Waals surface area contributed by atoms with E-state index in [2.05, 4.69) is 10.6 Å². The number of Topliss-reactive ketones (excluding diaryl/α,β-unsaturated/α-hetero) is 5. The SMILES string of the molecule is CC(=O)CCC(=O)[C@H](CCCCNC(=O)COCCOCCNC(=O)COCCOCCCC(=O)CC[C@H](CC(=O)CCCCCCCCCCCCCCCCC(=O)O)C(=O)O)CC(=O)C(C)(C)N.[HH].[HH].[HH].[HH]. The number of nitrogens with two attached hydrogens (primary N) is 1. The number of ketones is 5. The first-order chi connectivity index (χ1) is 33.4. The van der Waals surface area contributed by atoms with Gasteiger partial charge >= 0.3 is 11.9 Å². The van der Waals surface area contributed by atoms with Crippen molar-refractivity contribution in [1.29, 1.82) is 0 Å². The Morgan fingerprint density at radius 3 is 1.49 bits per heavy atom. The highest BCUT2D eigenvalue weighted by Crippen LogP contribution is 2.21. The predicted octanol–water partition coefficient (Wildman–Crippen LogP) is 7.81. The fraction of sp³-hybridized carbons (Fsp3) is 0.827. The number of carboxylic acid groups (broad SMARTS) is 2. The minimum Gasteiger partial charge on any atom is -0.481 e. The molecule has 0 aliphatic heterocycles. The van der Waals surface area contributed by atoms with E-state index in [9.17, 15) is 48.3 Å². The first-order valence-electron chi connectivity index (χ1n) is 26.1. The van der Waals surface area contributed by atoms with Crippen molar-refractivity contribution in [1.82, 2.24) is 10.6 Å². The first kappa shape index (κ1) is 66.0.